The van der Waals surface area contributed by atoms with Gasteiger partial charge in [-0.3, -0.25) is 0 Å². The van der Waals surface area contributed by atoms with E-state index in [0.29, 0.717) is 0 Å². The van der Waals surface area contributed by atoms with Crippen molar-refractivity contribution in [1.82, 2.24) is 10.2 Å². The first-order chi connectivity index (χ1) is 8.08. The van der Waals surface area contributed by atoms with Crippen LogP contribution in [0.5, 0.6) is 0 Å². The molecule has 0 aliphatic heterocycles. The van der Waals surface area contributed by atoms with Crippen molar-refractivity contribution in [1.29, 1.82) is 0 Å². The third-order valence-electron chi connectivity index (χ3n) is 3.73. The normalized spacial score (nSPS) is 27.4. The van der Waals surface area contributed by atoms with Gasteiger partial charge in [0.25, 0.3) is 0 Å². The van der Waals surface area contributed by atoms with Crippen LogP contribution in [0.25, 0.3) is 0 Å². The van der Waals surface area contributed by atoms with Gasteiger partial charge in [-0.25, -0.2) is 0 Å². The highest BCUT2D eigenvalue weighted by Gasteiger charge is 2.18. The van der Waals surface area contributed by atoms with Gasteiger partial charge in [0.15, 0.2) is 0 Å². The van der Waals surface area contributed by atoms with Gasteiger partial charge in [-0.05, 0) is 45.3 Å². The van der Waals surface area contributed by atoms with E-state index in [-0.39, 0.29) is 6.10 Å². The quantitative estimate of drug-likeness (QED) is 0.667. The monoisotopic (exact) mass is 242 g/mol. The van der Waals surface area contributed by atoms with E-state index in [0.717, 1.165) is 31.5 Å². The first kappa shape index (κ1) is 14.9. The van der Waals surface area contributed by atoms with Crippen LogP contribution in [0.1, 0.15) is 39.0 Å². The molecule has 1 aliphatic rings. The van der Waals surface area contributed by atoms with Crippen LogP contribution in [0.3, 0.4) is 0 Å². The van der Waals surface area contributed by atoms with Crippen LogP contribution in [0.15, 0.2) is 0 Å². The van der Waals surface area contributed by atoms with E-state index >= 15 is 0 Å². The molecule has 3 unspecified atom stereocenters. The van der Waals surface area contributed by atoms with E-state index in [2.05, 4.69) is 12.2 Å². The molecule has 3 heteroatoms. The van der Waals surface area contributed by atoms with Gasteiger partial charge in [-0.1, -0.05) is 26.2 Å². The van der Waals surface area contributed by atoms with Crippen LogP contribution < -0.4 is 5.32 Å². The molecule has 0 aromatic rings. The molecule has 1 rings (SSSR count). The molecule has 2 N–H and O–H groups in total. The zero-order valence-electron chi connectivity index (χ0n) is 11.8. The molecule has 0 aromatic heterocycles. The van der Waals surface area contributed by atoms with Crippen molar-refractivity contribution in [2.24, 2.45) is 11.8 Å². The Morgan fingerprint density at radius 1 is 1.35 bits per heavy atom. The molecule has 3 atom stereocenters. The Morgan fingerprint density at radius 2 is 2.12 bits per heavy atom. The maximum absolute atomic E-state index is 9.69. The average molecular weight is 242 g/mol. The standard InChI is InChI=1S/C14H30N2O/c1-12-5-4-6-13(9-12)7-8-15-10-14(17)11-16(2)3/h12-15,17H,4-11H2,1-3H3. The van der Waals surface area contributed by atoms with Crippen molar-refractivity contribution < 1.29 is 5.11 Å². The summed E-state index contributed by atoms with van der Waals surface area (Å²) in [5.74, 6) is 1.84. The number of nitrogens with zero attached hydrogens (tertiary/aromatic N) is 1. The fraction of sp³-hybridized carbons (Fsp3) is 1.00. The summed E-state index contributed by atoms with van der Waals surface area (Å²) in [5, 5.41) is 13.1. The molecule has 1 saturated carbocycles. The van der Waals surface area contributed by atoms with Gasteiger partial charge in [0.1, 0.15) is 0 Å². The molecule has 3 nitrogen and oxygen atoms in total. The van der Waals surface area contributed by atoms with Crippen LogP contribution in [-0.2, 0) is 0 Å². The van der Waals surface area contributed by atoms with Gasteiger partial charge in [0.05, 0.1) is 6.10 Å². The van der Waals surface area contributed by atoms with Crippen LogP contribution in [0, 0.1) is 11.8 Å². The largest absolute Gasteiger partial charge is 0.390 e. The molecule has 102 valence electrons. The lowest BCUT2D eigenvalue weighted by molar-refractivity contribution is 0.134. The minimum Gasteiger partial charge on any atom is -0.390 e. The highest BCUT2D eigenvalue weighted by Crippen LogP contribution is 2.30. The molecule has 17 heavy (non-hydrogen) atoms. The number of aliphatic hydroxyl groups excluding tert-OH is 1. The third-order valence-corrected chi connectivity index (χ3v) is 3.73. The summed E-state index contributed by atoms with van der Waals surface area (Å²) < 4.78 is 0. The van der Waals surface area contributed by atoms with E-state index in [1.807, 2.05) is 19.0 Å². The molecular weight excluding hydrogens is 212 g/mol. The zero-order chi connectivity index (χ0) is 12.7. The topological polar surface area (TPSA) is 35.5 Å². The summed E-state index contributed by atoms with van der Waals surface area (Å²) in [6, 6.07) is 0. The van der Waals surface area contributed by atoms with Crippen LogP contribution >= 0.6 is 0 Å². The second-order valence-electron chi connectivity index (χ2n) is 6.05. The predicted octanol–water partition coefficient (Wildman–Crippen LogP) is 1.71. The molecule has 0 heterocycles. The molecule has 0 amide bonds. The third kappa shape index (κ3) is 7.02. The van der Waals surface area contributed by atoms with Crippen molar-refractivity contribution in [3.05, 3.63) is 0 Å². The summed E-state index contributed by atoms with van der Waals surface area (Å²) in [6.07, 6.45) is 6.68. The smallest absolute Gasteiger partial charge is 0.0791 e. The fourth-order valence-corrected chi connectivity index (χ4v) is 2.88. The molecule has 0 bridgehead atoms. The number of hydrogen-bond donors (Lipinski definition) is 2. The van der Waals surface area contributed by atoms with Gasteiger partial charge in [0.2, 0.25) is 0 Å². The molecule has 1 fully saturated rings. The maximum Gasteiger partial charge on any atom is 0.0791 e. The van der Waals surface area contributed by atoms with Crippen LogP contribution in [0.2, 0.25) is 0 Å². The number of aliphatic hydroxyl groups is 1. The van der Waals surface area contributed by atoms with Crippen molar-refractivity contribution >= 4 is 0 Å². The van der Waals surface area contributed by atoms with Gasteiger partial charge < -0.3 is 15.3 Å². The Hall–Kier alpha value is -0.120. The highest BCUT2D eigenvalue weighted by atomic mass is 16.3. The first-order valence-corrected chi connectivity index (χ1v) is 7.11. The second kappa shape index (κ2) is 8.06. The fourth-order valence-electron chi connectivity index (χ4n) is 2.88. The molecule has 1 aliphatic carbocycles. The Morgan fingerprint density at radius 3 is 2.76 bits per heavy atom. The zero-order valence-corrected chi connectivity index (χ0v) is 11.8. The summed E-state index contributed by atoms with van der Waals surface area (Å²) in [4.78, 5) is 2.02. The van der Waals surface area contributed by atoms with Gasteiger partial charge in [0, 0.05) is 13.1 Å². The maximum atomic E-state index is 9.69. The van der Waals surface area contributed by atoms with Crippen LogP contribution in [-0.4, -0.2) is 49.8 Å². The van der Waals surface area contributed by atoms with Gasteiger partial charge in [-0.2, -0.15) is 0 Å². The Bertz CT molecular complexity index is 197. The lowest BCUT2D eigenvalue weighted by Gasteiger charge is -2.26. The second-order valence-corrected chi connectivity index (χ2v) is 6.05. The van der Waals surface area contributed by atoms with Gasteiger partial charge in [-0.15, -0.1) is 0 Å². The van der Waals surface area contributed by atoms with E-state index < -0.39 is 0 Å². The highest BCUT2D eigenvalue weighted by molar-refractivity contribution is 4.71. The average Bonchev–Trinajstić information content (AvgIpc) is 2.23. The minimum atomic E-state index is -0.240. The molecule has 0 aromatic carbocycles. The summed E-state index contributed by atoms with van der Waals surface area (Å²) >= 11 is 0. The van der Waals surface area contributed by atoms with E-state index in [1.54, 1.807) is 0 Å². The van der Waals surface area contributed by atoms with E-state index in [1.165, 1.54) is 32.1 Å². The molecule has 0 spiro atoms. The molecular formula is C14H30N2O. The van der Waals surface area contributed by atoms with Crippen molar-refractivity contribution in [2.45, 2.75) is 45.1 Å². The van der Waals surface area contributed by atoms with Crippen molar-refractivity contribution in [3.63, 3.8) is 0 Å². The lowest BCUT2D eigenvalue weighted by Crippen LogP contribution is -2.35. The number of hydrogen-bond acceptors (Lipinski definition) is 3. The Labute approximate surface area is 107 Å². The Balaban J connectivity index is 1.99. The number of likely N-dealkylation sites (N-methyl/N-ethyl adjacent to an activating group) is 1. The number of rotatable bonds is 7. The summed E-state index contributed by atoms with van der Waals surface area (Å²) in [6.45, 7) is 4.90. The van der Waals surface area contributed by atoms with Crippen molar-refractivity contribution in [2.75, 3.05) is 33.7 Å². The van der Waals surface area contributed by atoms with Gasteiger partial charge >= 0.3 is 0 Å². The predicted molar refractivity (Wildman–Crippen MR) is 73.2 cm³/mol. The lowest BCUT2D eigenvalue weighted by atomic mass is 9.81. The first-order valence-electron chi connectivity index (χ1n) is 7.11. The van der Waals surface area contributed by atoms with Crippen LogP contribution in [0.4, 0.5) is 0 Å². The molecule has 0 radical (unpaired) electrons. The van der Waals surface area contributed by atoms with E-state index in [9.17, 15) is 5.11 Å². The molecule has 0 saturated heterocycles. The Kier molecular flexibility index (Phi) is 7.09. The van der Waals surface area contributed by atoms with E-state index in [4.69, 9.17) is 0 Å². The number of nitrogens with one attached hydrogen (secondary N) is 1. The SMILES string of the molecule is CC1CCCC(CCNCC(O)CN(C)C)C1. The van der Waals surface area contributed by atoms with Crippen molar-refractivity contribution in [3.8, 4) is 0 Å². The summed E-state index contributed by atoms with van der Waals surface area (Å²) in [7, 11) is 3.99. The minimum absolute atomic E-state index is 0.240. The summed E-state index contributed by atoms with van der Waals surface area (Å²) in [5.41, 5.74) is 0.